The molecule has 0 saturated heterocycles. The smallest absolute Gasteiger partial charge is 0.288 e. The number of amides is 1. The normalized spacial score (nSPS) is 12.1. The van der Waals surface area contributed by atoms with E-state index in [1.54, 1.807) is 13.3 Å². The highest BCUT2D eigenvalue weighted by Crippen LogP contribution is 2.28. The molecule has 1 amide bonds. The summed E-state index contributed by atoms with van der Waals surface area (Å²) in [5.41, 5.74) is 3.52. The van der Waals surface area contributed by atoms with E-state index in [0.29, 0.717) is 17.1 Å². The highest BCUT2D eigenvalue weighted by atomic mass is 16.5. The molecule has 2 aromatic carbocycles. The highest BCUT2D eigenvalue weighted by Gasteiger charge is 2.25. The Hall–Kier alpha value is -3.54. The second-order valence-electron chi connectivity index (χ2n) is 7.14. The van der Waals surface area contributed by atoms with Crippen molar-refractivity contribution < 1.29 is 13.9 Å². The van der Waals surface area contributed by atoms with E-state index in [4.69, 9.17) is 9.15 Å². The third kappa shape index (κ3) is 3.49. The van der Waals surface area contributed by atoms with E-state index < -0.39 is 6.04 Å². The number of ether oxygens (including phenoxy) is 1. The zero-order valence-corrected chi connectivity index (χ0v) is 16.9. The number of nitrogens with zero attached hydrogens (tertiary/aromatic N) is 2. The van der Waals surface area contributed by atoms with E-state index in [0.717, 1.165) is 27.9 Å². The fourth-order valence-corrected chi connectivity index (χ4v) is 3.52. The van der Waals surface area contributed by atoms with Gasteiger partial charge in [0.05, 0.1) is 7.11 Å². The minimum absolute atomic E-state index is 0.285. The van der Waals surface area contributed by atoms with Crippen LogP contribution >= 0.6 is 0 Å². The molecule has 1 N–H and O–H groups in total. The first-order chi connectivity index (χ1) is 14.0. The summed E-state index contributed by atoms with van der Waals surface area (Å²) in [6.07, 6.45) is 3.56. The lowest BCUT2D eigenvalue weighted by Gasteiger charge is -2.19. The molecule has 0 aliphatic carbocycles. The molecule has 0 radical (unpaired) electrons. The number of rotatable bonds is 5. The number of carbonyl (C=O) groups is 1. The molecule has 0 bridgehead atoms. The molecule has 2 heterocycles. The van der Waals surface area contributed by atoms with Gasteiger partial charge in [0.1, 0.15) is 23.2 Å². The first-order valence-corrected chi connectivity index (χ1v) is 9.39. The Morgan fingerprint density at radius 3 is 2.76 bits per heavy atom. The lowest BCUT2D eigenvalue weighted by atomic mass is 10.0. The van der Waals surface area contributed by atoms with E-state index in [1.807, 2.05) is 74.1 Å². The number of hydrogen-bond donors (Lipinski definition) is 1. The summed E-state index contributed by atoms with van der Waals surface area (Å²) >= 11 is 0. The van der Waals surface area contributed by atoms with Crippen LogP contribution in [0.1, 0.15) is 39.1 Å². The Labute approximate surface area is 169 Å². The van der Waals surface area contributed by atoms with Gasteiger partial charge in [-0.2, -0.15) is 0 Å². The molecule has 1 unspecified atom stereocenters. The molecule has 0 saturated carbocycles. The molecule has 0 spiro atoms. The molecule has 2 aromatic heterocycles. The van der Waals surface area contributed by atoms with Gasteiger partial charge in [-0.3, -0.25) is 4.79 Å². The van der Waals surface area contributed by atoms with Gasteiger partial charge >= 0.3 is 0 Å². The average Bonchev–Trinajstić information content (AvgIpc) is 3.29. The van der Waals surface area contributed by atoms with E-state index >= 15 is 0 Å². The van der Waals surface area contributed by atoms with Gasteiger partial charge in [-0.25, -0.2) is 4.98 Å². The van der Waals surface area contributed by atoms with Crippen LogP contribution in [-0.2, 0) is 7.05 Å². The lowest BCUT2D eigenvalue weighted by Crippen LogP contribution is -2.31. The average molecular weight is 389 g/mol. The molecule has 148 valence electrons. The summed E-state index contributed by atoms with van der Waals surface area (Å²) < 4.78 is 13.1. The van der Waals surface area contributed by atoms with Crippen molar-refractivity contribution in [2.75, 3.05) is 7.11 Å². The fourth-order valence-electron chi connectivity index (χ4n) is 3.52. The van der Waals surface area contributed by atoms with E-state index in [-0.39, 0.29) is 5.91 Å². The largest absolute Gasteiger partial charge is 0.497 e. The Balaban J connectivity index is 1.74. The summed E-state index contributed by atoms with van der Waals surface area (Å²) in [5.74, 6) is 1.46. The third-order valence-electron chi connectivity index (χ3n) is 5.12. The van der Waals surface area contributed by atoms with Crippen molar-refractivity contribution in [3.05, 3.63) is 83.1 Å². The van der Waals surface area contributed by atoms with Gasteiger partial charge in [0, 0.05) is 30.4 Å². The number of methoxy groups -OCH3 is 1. The van der Waals surface area contributed by atoms with Crippen molar-refractivity contribution in [2.24, 2.45) is 7.05 Å². The third-order valence-corrected chi connectivity index (χ3v) is 5.12. The van der Waals surface area contributed by atoms with Crippen molar-refractivity contribution in [1.29, 1.82) is 0 Å². The van der Waals surface area contributed by atoms with E-state index in [9.17, 15) is 4.79 Å². The van der Waals surface area contributed by atoms with Gasteiger partial charge in [0.25, 0.3) is 5.91 Å². The van der Waals surface area contributed by atoms with Gasteiger partial charge in [-0.15, -0.1) is 0 Å². The van der Waals surface area contributed by atoms with Gasteiger partial charge < -0.3 is 19.0 Å². The fraction of sp³-hybridized carbons (Fsp3) is 0.217. The summed E-state index contributed by atoms with van der Waals surface area (Å²) in [4.78, 5) is 17.6. The Bertz CT molecular complexity index is 1190. The van der Waals surface area contributed by atoms with E-state index in [2.05, 4.69) is 10.3 Å². The monoisotopic (exact) mass is 389 g/mol. The molecular formula is C23H23N3O3. The quantitative estimate of drug-likeness (QED) is 0.552. The van der Waals surface area contributed by atoms with Gasteiger partial charge in [0.15, 0.2) is 5.76 Å². The molecule has 29 heavy (non-hydrogen) atoms. The molecule has 6 nitrogen and oxygen atoms in total. The Morgan fingerprint density at radius 1 is 1.21 bits per heavy atom. The second kappa shape index (κ2) is 7.47. The molecule has 0 aliphatic rings. The second-order valence-corrected chi connectivity index (χ2v) is 7.14. The number of benzene rings is 2. The maximum atomic E-state index is 13.2. The van der Waals surface area contributed by atoms with Crippen LogP contribution in [0.15, 0.2) is 59.3 Å². The van der Waals surface area contributed by atoms with Crippen LogP contribution in [0.3, 0.4) is 0 Å². The highest BCUT2D eigenvalue weighted by molar-refractivity contribution is 5.99. The van der Waals surface area contributed by atoms with Crippen LogP contribution in [0.2, 0.25) is 0 Å². The zero-order valence-electron chi connectivity index (χ0n) is 16.9. The van der Waals surface area contributed by atoms with Crippen LogP contribution in [0.25, 0.3) is 11.0 Å². The summed E-state index contributed by atoms with van der Waals surface area (Å²) in [5, 5.41) is 4.04. The lowest BCUT2D eigenvalue weighted by molar-refractivity contribution is 0.0914. The van der Waals surface area contributed by atoms with Gasteiger partial charge in [0.2, 0.25) is 0 Å². The first kappa shape index (κ1) is 18.8. The standard InChI is InChI=1S/C23H23N3O3/c1-14-8-9-19-18(12-14)15(2)21(29-19)23(27)25-20(22-24-10-11-26(22)3)16-6-5-7-17(13-16)28-4/h5-13,20H,1-4H3,(H,25,27). The van der Waals surface area contributed by atoms with Gasteiger partial charge in [-0.1, -0.05) is 23.8 Å². The molecule has 4 aromatic rings. The number of carbonyl (C=O) groups excluding carboxylic acids is 1. The zero-order chi connectivity index (χ0) is 20.5. The van der Waals surface area contributed by atoms with Gasteiger partial charge in [-0.05, 0) is 43.7 Å². The SMILES string of the molecule is COc1cccc(C(NC(=O)c2oc3ccc(C)cc3c2C)c2nccn2C)c1. The number of aryl methyl sites for hydroxylation is 3. The molecule has 1 atom stereocenters. The number of fused-ring (bicyclic) bond motifs is 1. The van der Waals surface area contributed by atoms with Crippen molar-refractivity contribution >= 4 is 16.9 Å². The van der Waals surface area contributed by atoms with Crippen molar-refractivity contribution in [2.45, 2.75) is 19.9 Å². The predicted molar refractivity (Wildman–Crippen MR) is 111 cm³/mol. The Kier molecular flexibility index (Phi) is 4.84. The van der Waals surface area contributed by atoms with Crippen LogP contribution in [0, 0.1) is 13.8 Å². The molecule has 4 rings (SSSR count). The predicted octanol–water partition coefficient (Wildman–Crippen LogP) is 4.31. The number of nitrogens with one attached hydrogen (secondary N) is 1. The minimum atomic E-state index is -0.452. The summed E-state index contributed by atoms with van der Waals surface area (Å²) in [6, 6.07) is 13.0. The maximum Gasteiger partial charge on any atom is 0.288 e. The van der Waals surface area contributed by atoms with Crippen LogP contribution < -0.4 is 10.1 Å². The number of aromatic nitrogens is 2. The summed E-state index contributed by atoms with van der Waals surface area (Å²) in [6.45, 7) is 3.92. The first-order valence-electron chi connectivity index (χ1n) is 9.39. The van der Waals surface area contributed by atoms with Crippen LogP contribution in [0.5, 0.6) is 5.75 Å². The number of hydrogen-bond acceptors (Lipinski definition) is 4. The van der Waals surface area contributed by atoms with Crippen molar-refractivity contribution in [3.8, 4) is 5.75 Å². The molecule has 0 fully saturated rings. The molecule has 0 aliphatic heterocycles. The topological polar surface area (TPSA) is 69.3 Å². The number of furan rings is 1. The van der Waals surface area contributed by atoms with Crippen LogP contribution in [0.4, 0.5) is 0 Å². The summed E-state index contributed by atoms with van der Waals surface area (Å²) in [7, 11) is 3.52. The van der Waals surface area contributed by atoms with Crippen molar-refractivity contribution in [3.63, 3.8) is 0 Å². The minimum Gasteiger partial charge on any atom is -0.497 e. The van der Waals surface area contributed by atoms with Crippen LogP contribution in [-0.4, -0.2) is 22.6 Å². The Morgan fingerprint density at radius 2 is 2.03 bits per heavy atom. The van der Waals surface area contributed by atoms with Crippen molar-refractivity contribution in [1.82, 2.24) is 14.9 Å². The molecule has 6 heteroatoms. The maximum absolute atomic E-state index is 13.2. The molecular weight excluding hydrogens is 366 g/mol. The number of imidazole rings is 1. The van der Waals surface area contributed by atoms with E-state index in [1.165, 1.54) is 0 Å².